The van der Waals surface area contributed by atoms with Crippen LogP contribution in [0.3, 0.4) is 0 Å². The SMILES string of the molecule is CC(C)Sc1n[nH]c(N/N=C\c2cc([N+](=O)[O-])ccc2O)n1. The van der Waals surface area contributed by atoms with E-state index in [0.29, 0.717) is 16.4 Å². The van der Waals surface area contributed by atoms with Gasteiger partial charge >= 0.3 is 0 Å². The lowest BCUT2D eigenvalue weighted by molar-refractivity contribution is -0.384. The Balaban J connectivity index is 2.04. The van der Waals surface area contributed by atoms with Crippen molar-refractivity contribution in [2.75, 3.05) is 5.43 Å². The molecule has 0 aliphatic rings. The quantitative estimate of drug-likeness (QED) is 0.322. The predicted molar refractivity (Wildman–Crippen MR) is 83.4 cm³/mol. The number of phenolic OH excluding ortho intramolecular Hbond substituents is 1. The topological polar surface area (TPSA) is 129 Å². The van der Waals surface area contributed by atoms with Gasteiger partial charge in [0, 0.05) is 22.9 Å². The predicted octanol–water partition coefficient (Wildman–Crippen LogP) is 2.37. The minimum absolute atomic E-state index is 0.107. The summed E-state index contributed by atoms with van der Waals surface area (Å²) in [5.74, 6) is 0.231. The lowest BCUT2D eigenvalue weighted by Gasteiger charge is -1.99. The summed E-state index contributed by atoms with van der Waals surface area (Å²) in [5, 5.41) is 31.8. The van der Waals surface area contributed by atoms with E-state index in [1.54, 1.807) is 0 Å². The summed E-state index contributed by atoms with van der Waals surface area (Å²) in [7, 11) is 0. The third-order valence-electron chi connectivity index (χ3n) is 2.40. The van der Waals surface area contributed by atoms with Crippen LogP contribution in [0.1, 0.15) is 19.4 Å². The third kappa shape index (κ3) is 4.19. The van der Waals surface area contributed by atoms with Gasteiger partial charge in [0.1, 0.15) is 5.75 Å². The summed E-state index contributed by atoms with van der Waals surface area (Å²) in [6, 6.07) is 3.68. The Morgan fingerprint density at radius 1 is 1.55 bits per heavy atom. The number of phenols is 1. The average molecular weight is 322 g/mol. The molecular formula is C12H14N6O3S. The van der Waals surface area contributed by atoms with E-state index in [-0.39, 0.29) is 17.0 Å². The normalized spacial score (nSPS) is 11.2. The molecule has 116 valence electrons. The molecule has 0 saturated carbocycles. The Morgan fingerprint density at radius 3 is 3.00 bits per heavy atom. The van der Waals surface area contributed by atoms with Crippen molar-refractivity contribution in [1.82, 2.24) is 15.2 Å². The molecular weight excluding hydrogens is 308 g/mol. The molecule has 0 fully saturated rings. The number of nitrogens with one attached hydrogen (secondary N) is 2. The van der Waals surface area contributed by atoms with Gasteiger partial charge in [-0.15, -0.1) is 5.10 Å². The Kier molecular flexibility index (Phi) is 4.94. The molecule has 22 heavy (non-hydrogen) atoms. The van der Waals surface area contributed by atoms with E-state index in [0.717, 1.165) is 0 Å². The van der Waals surface area contributed by atoms with Gasteiger partial charge in [-0.2, -0.15) is 10.1 Å². The molecule has 1 heterocycles. The minimum Gasteiger partial charge on any atom is -0.507 e. The van der Waals surface area contributed by atoms with Gasteiger partial charge in [-0.3, -0.25) is 10.1 Å². The van der Waals surface area contributed by atoms with Crippen molar-refractivity contribution >= 4 is 29.6 Å². The van der Waals surface area contributed by atoms with E-state index in [4.69, 9.17) is 0 Å². The molecule has 1 aromatic carbocycles. The summed E-state index contributed by atoms with van der Waals surface area (Å²) in [6.45, 7) is 4.05. The number of benzene rings is 1. The lowest BCUT2D eigenvalue weighted by Crippen LogP contribution is -1.94. The highest BCUT2D eigenvalue weighted by atomic mass is 32.2. The summed E-state index contributed by atoms with van der Waals surface area (Å²) >= 11 is 1.50. The molecule has 0 amide bonds. The molecule has 2 rings (SSSR count). The van der Waals surface area contributed by atoms with E-state index < -0.39 is 4.92 Å². The van der Waals surface area contributed by atoms with Crippen molar-refractivity contribution in [3.05, 3.63) is 33.9 Å². The van der Waals surface area contributed by atoms with Crippen LogP contribution in [0.2, 0.25) is 0 Å². The molecule has 0 atom stereocenters. The largest absolute Gasteiger partial charge is 0.507 e. The standard InChI is InChI=1S/C12H14N6O3S/c1-7(2)22-12-14-11(16-17-12)15-13-6-8-5-9(18(20)21)3-4-10(8)19/h3-7,19H,1-2H3,(H2,14,15,16,17)/b13-6-. The molecule has 0 saturated heterocycles. The molecule has 3 N–H and O–H groups in total. The van der Waals surface area contributed by atoms with Gasteiger partial charge in [0.05, 0.1) is 11.1 Å². The molecule has 0 unspecified atom stereocenters. The summed E-state index contributed by atoms with van der Waals surface area (Å²) in [6.07, 6.45) is 1.26. The molecule has 2 aromatic rings. The van der Waals surface area contributed by atoms with E-state index in [2.05, 4.69) is 25.7 Å². The average Bonchev–Trinajstić information content (AvgIpc) is 2.87. The number of H-pyrrole nitrogens is 1. The highest BCUT2D eigenvalue weighted by molar-refractivity contribution is 7.99. The van der Waals surface area contributed by atoms with Crippen LogP contribution in [0.4, 0.5) is 11.6 Å². The number of aromatic nitrogens is 3. The van der Waals surface area contributed by atoms with Crippen LogP contribution >= 0.6 is 11.8 Å². The van der Waals surface area contributed by atoms with Gasteiger partial charge in [0.25, 0.3) is 5.69 Å². The minimum atomic E-state index is -0.546. The molecule has 0 bridgehead atoms. The summed E-state index contributed by atoms with van der Waals surface area (Å²) < 4.78 is 0. The number of hydrogen-bond acceptors (Lipinski definition) is 8. The number of nitro benzene ring substituents is 1. The van der Waals surface area contributed by atoms with Crippen molar-refractivity contribution in [1.29, 1.82) is 0 Å². The molecule has 9 nitrogen and oxygen atoms in total. The van der Waals surface area contributed by atoms with Gasteiger partial charge in [-0.1, -0.05) is 25.6 Å². The monoisotopic (exact) mass is 322 g/mol. The Labute approximate surface area is 130 Å². The van der Waals surface area contributed by atoms with Gasteiger partial charge in [0.15, 0.2) is 0 Å². The van der Waals surface area contributed by atoms with Crippen LogP contribution in [-0.2, 0) is 0 Å². The number of hydrogen-bond donors (Lipinski definition) is 3. The molecule has 1 aromatic heterocycles. The maximum absolute atomic E-state index is 10.7. The number of anilines is 1. The Morgan fingerprint density at radius 2 is 2.32 bits per heavy atom. The van der Waals surface area contributed by atoms with Gasteiger partial charge in [-0.05, 0) is 6.07 Å². The lowest BCUT2D eigenvalue weighted by atomic mass is 10.2. The van der Waals surface area contributed by atoms with Crippen molar-refractivity contribution in [3.8, 4) is 5.75 Å². The summed E-state index contributed by atoms with van der Waals surface area (Å²) in [4.78, 5) is 14.3. The van der Waals surface area contributed by atoms with Crippen LogP contribution in [-0.4, -0.2) is 36.7 Å². The van der Waals surface area contributed by atoms with Crippen LogP contribution < -0.4 is 5.43 Å². The number of hydrazone groups is 1. The second kappa shape index (κ2) is 6.89. The molecule has 0 radical (unpaired) electrons. The Hall–Kier alpha value is -2.62. The number of thioether (sulfide) groups is 1. The highest BCUT2D eigenvalue weighted by Gasteiger charge is 2.09. The second-order valence-corrected chi connectivity index (χ2v) is 6.05. The fraction of sp³-hybridized carbons (Fsp3) is 0.250. The van der Waals surface area contributed by atoms with E-state index >= 15 is 0 Å². The molecule has 0 aliphatic heterocycles. The zero-order valence-electron chi connectivity index (χ0n) is 11.8. The zero-order valence-corrected chi connectivity index (χ0v) is 12.7. The highest BCUT2D eigenvalue weighted by Crippen LogP contribution is 2.21. The Bertz CT molecular complexity index is 700. The van der Waals surface area contributed by atoms with Crippen molar-refractivity contribution in [2.45, 2.75) is 24.3 Å². The first-order valence-corrected chi connectivity index (χ1v) is 7.19. The maximum Gasteiger partial charge on any atom is 0.270 e. The first-order valence-electron chi connectivity index (χ1n) is 6.31. The third-order valence-corrected chi connectivity index (χ3v) is 3.27. The van der Waals surface area contributed by atoms with Crippen LogP contribution in [0.25, 0.3) is 0 Å². The van der Waals surface area contributed by atoms with E-state index in [1.807, 2.05) is 13.8 Å². The smallest absolute Gasteiger partial charge is 0.270 e. The number of rotatable bonds is 6. The fourth-order valence-electron chi connectivity index (χ4n) is 1.48. The number of nitrogens with zero attached hydrogens (tertiary/aromatic N) is 4. The first kappa shape index (κ1) is 15.8. The van der Waals surface area contributed by atoms with E-state index in [1.165, 1.54) is 36.2 Å². The zero-order chi connectivity index (χ0) is 16.1. The van der Waals surface area contributed by atoms with Crippen molar-refractivity contribution in [2.24, 2.45) is 5.10 Å². The van der Waals surface area contributed by atoms with Gasteiger partial charge < -0.3 is 5.11 Å². The fourth-order valence-corrected chi connectivity index (χ4v) is 2.15. The van der Waals surface area contributed by atoms with E-state index in [9.17, 15) is 15.2 Å². The molecule has 10 heteroatoms. The summed E-state index contributed by atoms with van der Waals surface area (Å²) in [5.41, 5.74) is 2.70. The van der Waals surface area contributed by atoms with Gasteiger partial charge in [0.2, 0.25) is 11.1 Å². The number of aromatic amines is 1. The van der Waals surface area contributed by atoms with Crippen molar-refractivity contribution in [3.63, 3.8) is 0 Å². The van der Waals surface area contributed by atoms with Crippen LogP contribution in [0, 0.1) is 10.1 Å². The molecule has 0 aliphatic carbocycles. The van der Waals surface area contributed by atoms with Crippen LogP contribution in [0.5, 0.6) is 5.75 Å². The first-order chi connectivity index (χ1) is 10.5. The molecule has 0 spiro atoms. The maximum atomic E-state index is 10.7. The number of non-ortho nitro benzene ring substituents is 1. The number of aromatic hydroxyl groups is 1. The van der Waals surface area contributed by atoms with Gasteiger partial charge in [-0.25, -0.2) is 10.5 Å². The number of nitro groups is 1. The van der Waals surface area contributed by atoms with Crippen LogP contribution in [0.15, 0.2) is 28.5 Å². The van der Waals surface area contributed by atoms with Crippen molar-refractivity contribution < 1.29 is 10.0 Å². The second-order valence-electron chi connectivity index (χ2n) is 4.50.